The number of nitrogens with zero attached hydrogens (tertiary/aromatic N) is 4. The standard InChI is InChI=1S/C23H38N6O4S2/c1-15-18(28-34(30)21(2,3)4)23(14-32-15)8-10-29(11-9-23)20-17(13-33-35(31)22(5,6)7)25-19-16(26-20)12-24-27-19/h12,15,18,28H,8-11,13-14H2,1-7H3,(H,24,25,27)/t15-,18+,34?,35?/m0/s1. The van der Waals surface area contributed by atoms with E-state index in [9.17, 15) is 8.42 Å². The second-order valence-corrected chi connectivity index (χ2v) is 15.5. The first-order chi connectivity index (χ1) is 16.3. The Bertz CT molecular complexity index is 1100. The van der Waals surface area contributed by atoms with Crippen LogP contribution >= 0.6 is 0 Å². The third-order valence-corrected chi connectivity index (χ3v) is 9.66. The minimum Gasteiger partial charge on any atom is -0.376 e. The summed E-state index contributed by atoms with van der Waals surface area (Å²) < 4.78 is 39.7. The highest BCUT2D eigenvalue weighted by atomic mass is 32.2. The molecule has 2 aromatic rings. The maximum Gasteiger partial charge on any atom is 0.174 e. The number of anilines is 1. The van der Waals surface area contributed by atoms with Crippen molar-refractivity contribution in [3.8, 4) is 0 Å². The third kappa shape index (κ3) is 5.61. The van der Waals surface area contributed by atoms with Gasteiger partial charge in [-0.05, 0) is 61.3 Å². The smallest absolute Gasteiger partial charge is 0.174 e. The number of rotatable bonds is 6. The molecule has 10 nitrogen and oxygen atoms in total. The summed E-state index contributed by atoms with van der Waals surface area (Å²) >= 11 is -1.47. The summed E-state index contributed by atoms with van der Waals surface area (Å²) in [5.41, 5.74) is 1.80. The van der Waals surface area contributed by atoms with E-state index in [-0.39, 0.29) is 28.9 Å². The molecule has 0 aromatic carbocycles. The van der Waals surface area contributed by atoms with Gasteiger partial charge in [-0.15, -0.1) is 0 Å². The van der Waals surface area contributed by atoms with Crippen LogP contribution in [0, 0.1) is 5.41 Å². The maximum atomic E-state index is 12.9. The molecule has 35 heavy (non-hydrogen) atoms. The van der Waals surface area contributed by atoms with Crippen LogP contribution in [-0.4, -0.2) is 69.9 Å². The average molecular weight is 527 g/mol. The molecule has 2 aromatic heterocycles. The van der Waals surface area contributed by atoms with Crippen molar-refractivity contribution in [3.05, 3.63) is 11.9 Å². The molecular formula is C23H38N6O4S2. The monoisotopic (exact) mass is 526 g/mol. The van der Waals surface area contributed by atoms with Crippen molar-refractivity contribution >= 4 is 39.0 Å². The lowest BCUT2D eigenvalue weighted by atomic mass is 9.73. The zero-order valence-electron chi connectivity index (χ0n) is 21.7. The second kappa shape index (κ2) is 9.77. The minimum atomic E-state index is -1.47. The number of nitrogens with one attached hydrogen (secondary N) is 2. The minimum absolute atomic E-state index is 0.00809. The van der Waals surface area contributed by atoms with Gasteiger partial charge < -0.3 is 9.64 Å². The zero-order chi connectivity index (χ0) is 25.6. The first-order valence-electron chi connectivity index (χ1n) is 12.1. The van der Waals surface area contributed by atoms with Crippen molar-refractivity contribution in [3.63, 3.8) is 0 Å². The summed E-state index contributed by atoms with van der Waals surface area (Å²) in [7, 11) is -1.17. The van der Waals surface area contributed by atoms with Crippen molar-refractivity contribution < 1.29 is 17.3 Å². The molecule has 2 fully saturated rings. The van der Waals surface area contributed by atoms with Crippen molar-refractivity contribution in [2.24, 2.45) is 5.41 Å². The van der Waals surface area contributed by atoms with Crippen LogP contribution in [-0.2, 0) is 37.6 Å². The molecular weight excluding hydrogens is 488 g/mol. The van der Waals surface area contributed by atoms with Gasteiger partial charge in [-0.1, -0.05) is 0 Å². The van der Waals surface area contributed by atoms with E-state index in [1.165, 1.54) is 0 Å². The fraction of sp³-hybridized carbons (Fsp3) is 0.783. The van der Waals surface area contributed by atoms with Crippen LogP contribution in [0.25, 0.3) is 11.2 Å². The molecule has 4 atom stereocenters. The summed E-state index contributed by atoms with van der Waals surface area (Å²) in [5, 5.41) is 6.92. The third-order valence-electron chi connectivity index (χ3n) is 6.75. The molecule has 0 radical (unpaired) electrons. The van der Waals surface area contributed by atoms with Gasteiger partial charge in [0, 0.05) is 18.5 Å². The van der Waals surface area contributed by atoms with E-state index in [4.69, 9.17) is 13.9 Å². The Morgan fingerprint density at radius 2 is 1.86 bits per heavy atom. The molecule has 0 bridgehead atoms. The molecule has 12 heteroatoms. The van der Waals surface area contributed by atoms with Gasteiger partial charge in [0.2, 0.25) is 0 Å². The number of hydrogen-bond donors (Lipinski definition) is 2. The lowest BCUT2D eigenvalue weighted by Crippen LogP contribution is -2.55. The number of aromatic amines is 1. The molecule has 4 rings (SSSR count). The van der Waals surface area contributed by atoms with Crippen LogP contribution in [0.1, 0.15) is 67.0 Å². The molecule has 2 aliphatic heterocycles. The molecule has 2 N–H and O–H groups in total. The summed E-state index contributed by atoms with van der Waals surface area (Å²) in [5.74, 6) is 0.731. The van der Waals surface area contributed by atoms with Gasteiger partial charge in [-0.3, -0.25) is 9.28 Å². The number of H-pyrrole nitrogens is 1. The second-order valence-electron chi connectivity index (χ2n) is 11.5. The molecule has 2 unspecified atom stereocenters. The van der Waals surface area contributed by atoms with E-state index < -0.39 is 26.8 Å². The predicted molar refractivity (Wildman–Crippen MR) is 138 cm³/mol. The Balaban J connectivity index is 1.53. The Morgan fingerprint density at radius 3 is 2.49 bits per heavy atom. The van der Waals surface area contributed by atoms with Gasteiger partial charge in [0.05, 0.1) is 45.4 Å². The summed E-state index contributed by atoms with van der Waals surface area (Å²) in [4.78, 5) is 11.7. The van der Waals surface area contributed by atoms with Gasteiger partial charge in [0.15, 0.2) is 22.5 Å². The first-order valence-corrected chi connectivity index (χ1v) is 14.3. The Hall–Kier alpha value is -1.47. The molecule has 0 amide bonds. The fourth-order valence-electron chi connectivity index (χ4n) is 4.55. The molecule has 0 aliphatic carbocycles. The van der Waals surface area contributed by atoms with E-state index in [2.05, 4.69) is 31.7 Å². The van der Waals surface area contributed by atoms with Crippen LogP contribution in [0.4, 0.5) is 5.82 Å². The summed E-state index contributed by atoms with van der Waals surface area (Å²) in [6.07, 6.45) is 3.39. The normalized spacial score (nSPS) is 24.8. The maximum absolute atomic E-state index is 12.9. The number of aromatic nitrogens is 4. The largest absolute Gasteiger partial charge is 0.376 e. The van der Waals surface area contributed by atoms with Crippen LogP contribution < -0.4 is 9.62 Å². The quantitative estimate of drug-likeness (QED) is 0.589. The predicted octanol–water partition coefficient (Wildman–Crippen LogP) is 2.76. The Morgan fingerprint density at radius 1 is 1.17 bits per heavy atom. The van der Waals surface area contributed by atoms with E-state index in [1.807, 2.05) is 41.5 Å². The Labute approximate surface area is 212 Å². The highest BCUT2D eigenvalue weighted by Crippen LogP contribution is 2.43. The highest BCUT2D eigenvalue weighted by molar-refractivity contribution is 7.84. The number of hydrogen-bond acceptors (Lipinski definition) is 8. The van der Waals surface area contributed by atoms with E-state index in [0.29, 0.717) is 23.5 Å². The molecule has 196 valence electrons. The lowest BCUT2D eigenvalue weighted by molar-refractivity contribution is 0.0973. The van der Waals surface area contributed by atoms with Crippen molar-refractivity contribution in [2.75, 3.05) is 24.6 Å². The SMILES string of the molecule is C[C@@H]1OCC2(CCN(c3nc4cn[nH]c4nc3COS(=O)C(C)(C)C)CC2)[C@@H]1NS(=O)C(C)(C)C. The van der Waals surface area contributed by atoms with Crippen LogP contribution in [0.15, 0.2) is 6.20 Å². The summed E-state index contributed by atoms with van der Waals surface area (Å²) in [6, 6.07) is 0.0177. The molecule has 0 saturated carbocycles. The van der Waals surface area contributed by atoms with Gasteiger partial charge >= 0.3 is 0 Å². The van der Waals surface area contributed by atoms with Crippen LogP contribution in [0.2, 0.25) is 0 Å². The van der Waals surface area contributed by atoms with Gasteiger partial charge in [-0.25, -0.2) is 23.1 Å². The first kappa shape index (κ1) is 26.6. The number of fused-ring (bicyclic) bond motifs is 1. The summed E-state index contributed by atoms with van der Waals surface area (Å²) in [6.45, 7) is 15.9. The van der Waals surface area contributed by atoms with Crippen molar-refractivity contribution in [2.45, 2.75) is 89.6 Å². The number of piperidine rings is 1. The van der Waals surface area contributed by atoms with Crippen LogP contribution in [0.5, 0.6) is 0 Å². The van der Waals surface area contributed by atoms with E-state index in [0.717, 1.165) is 31.7 Å². The van der Waals surface area contributed by atoms with Gasteiger partial charge in [0.1, 0.15) is 17.8 Å². The molecule has 4 heterocycles. The molecule has 2 saturated heterocycles. The average Bonchev–Trinajstić information content (AvgIpc) is 3.36. The zero-order valence-corrected chi connectivity index (χ0v) is 23.3. The molecule has 1 spiro atoms. The van der Waals surface area contributed by atoms with Gasteiger partial charge in [-0.2, -0.15) is 5.10 Å². The highest BCUT2D eigenvalue weighted by Gasteiger charge is 2.50. The fourth-order valence-corrected chi connectivity index (χ4v) is 6.15. The Kier molecular flexibility index (Phi) is 7.42. The lowest BCUT2D eigenvalue weighted by Gasteiger charge is -2.43. The topological polar surface area (TPSA) is 122 Å². The van der Waals surface area contributed by atoms with E-state index >= 15 is 0 Å². The molecule has 2 aliphatic rings. The van der Waals surface area contributed by atoms with Crippen LogP contribution in [0.3, 0.4) is 0 Å². The van der Waals surface area contributed by atoms with E-state index in [1.54, 1.807) is 6.20 Å². The van der Waals surface area contributed by atoms with Crippen molar-refractivity contribution in [1.82, 2.24) is 24.9 Å². The van der Waals surface area contributed by atoms with Crippen molar-refractivity contribution in [1.29, 1.82) is 0 Å². The number of ether oxygens (including phenoxy) is 1. The van der Waals surface area contributed by atoms with Gasteiger partial charge in [0.25, 0.3) is 0 Å².